The minimum Gasteiger partial charge on any atom is -0.213 e. The van der Waals surface area contributed by atoms with Crippen molar-refractivity contribution in [2.75, 3.05) is 11.5 Å². The average molecular weight is 331 g/mol. The SMILES string of the molecule is C[Si](C)(C)CCS(=O)(=O)S(=O)(=O)CC[Si](C)(C)C. The summed E-state index contributed by atoms with van der Waals surface area (Å²) in [7, 11) is -11.1. The fraction of sp³-hybridized carbons (Fsp3) is 1.00. The lowest BCUT2D eigenvalue weighted by Gasteiger charge is -2.17. The largest absolute Gasteiger partial charge is 0.253 e. The van der Waals surface area contributed by atoms with Gasteiger partial charge in [-0.25, -0.2) is 16.8 Å². The lowest BCUT2D eigenvalue weighted by atomic mass is 11.0. The van der Waals surface area contributed by atoms with Crippen molar-refractivity contribution in [3.05, 3.63) is 0 Å². The topological polar surface area (TPSA) is 68.3 Å². The molecule has 0 spiro atoms. The van der Waals surface area contributed by atoms with Crippen LogP contribution in [0.15, 0.2) is 0 Å². The summed E-state index contributed by atoms with van der Waals surface area (Å²) in [5.74, 6) is -0.423. The van der Waals surface area contributed by atoms with Crippen LogP contribution in [0.3, 0.4) is 0 Å². The van der Waals surface area contributed by atoms with E-state index >= 15 is 0 Å². The summed E-state index contributed by atoms with van der Waals surface area (Å²) >= 11 is 0. The third kappa shape index (κ3) is 7.05. The Labute approximate surface area is 113 Å². The van der Waals surface area contributed by atoms with E-state index in [1.807, 2.05) is 39.3 Å². The van der Waals surface area contributed by atoms with Crippen LogP contribution in [0.4, 0.5) is 0 Å². The quantitative estimate of drug-likeness (QED) is 0.531. The van der Waals surface area contributed by atoms with E-state index in [1.165, 1.54) is 0 Å². The molecule has 0 atom stereocenters. The Bertz CT molecular complexity index is 421. The molecule has 0 N–H and O–H groups in total. The van der Waals surface area contributed by atoms with E-state index in [1.54, 1.807) is 0 Å². The molecule has 0 aromatic carbocycles. The van der Waals surface area contributed by atoms with Crippen molar-refractivity contribution in [1.82, 2.24) is 0 Å². The van der Waals surface area contributed by atoms with Crippen molar-refractivity contribution in [2.24, 2.45) is 0 Å². The zero-order valence-electron chi connectivity index (χ0n) is 12.3. The van der Waals surface area contributed by atoms with Crippen molar-refractivity contribution in [2.45, 2.75) is 51.4 Å². The lowest BCUT2D eigenvalue weighted by Crippen LogP contribution is -2.31. The Kier molecular flexibility index (Phi) is 5.87. The van der Waals surface area contributed by atoms with Gasteiger partial charge in [-0.05, 0) is 12.1 Å². The van der Waals surface area contributed by atoms with E-state index in [4.69, 9.17) is 0 Å². The first-order valence-electron chi connectivity index (χ1n) is 6.12. The molecule has 0 aliphatic heterocycles. The molecule has 0 fully saturated rings. The van der Waals surface area contributed by atoms with Gasteiger partial charge in [0.05, 0.1) is 11.5 Å². The zero-order chi connectivity index (χ0) is 14.8. The molecule has 0 saturated heterocycles. The summed E-state index contributed by atoms with van der Waals surface area (Å²) in [4.78, 5) is 0. The predicted octanol–water partition coefficient (Wildman–Crippen LogP) is 2.41. The summed E-state index contributed by atoms with van der Waals surface area (Å²) in [5.41, 5.74) is 0. The molecule has 0 saturated carbocycles. The van der Waals surface area contributed by atoms with Crippen LogP contribution in [0.2, 0.25) is 51.4 Å². The molecule has 0 radical (unpaired) electrons. The van der Waals surface area contributed by atoms with E-state index in [9.17, 15) is 16.8 Å². The molecule has 110 valence electrons. The van der Waals surface area contributed by atoms with Crippen LogP contribution in [0.5, 0.6) is 0 Å². The van der Waals surface area contributed by atoms with Crippen LogP contribution in [0.1, 0.15) is 0 Å². The van der Waals surface area contributed by atoms with E-state index in [-0.39, 0.29) is 11.5 Å². The smallest absolute Gasteiger partial charge is 0.213 e. The maximum Gasteiger partial charge on any atom is 0.253 e. The van der Waals surface area contributed by atoms with Gasteiger partial charge in [-0.15, -0.1) is 0 Å². The first-order valence-corrected chi connectivity index (χ1v) is 17.4. The van der Waals surface area contributed by atoms with E-state index in [0.29, 0.717) is 12.1 Å². The van der Waals surface area contributed by atoms with Gasteiger partial charge in [0.2, 0.25) is 0 Å². The summed E-state index contributed by atoms with van der Waals surface area (Å²) < 4.78 is 47.5. The third-order valence-corrected chi connectivity index (χ3v) is 12.3. The molecule has 8 heteroatoms. The second kappa shape index (κ2) is 5.76. The van der Waals surface area contributed by atoms with E-state index in [2.05, 4.69) is 0 Å². The second-order valence-corrected chi connectivity index (χ2v) is 24.5. The molecule has 0 rings (SSSR count). The van der Waals surface area contributed by atoms with Crippen molar-refractivity contribution in [3.8, 4) is 0 Å². The molecule has 4 nitrogen and oxygen atoms in total. The highest BCUT2D eigenvalue weighted by Crippen LogP contribution is 2.17. The first-order chi connectivity index (χ1) is 7.66. The molecule has 0 amide bonds. The normalized spacial score (nSPS) is 14.8. The molecule has 0 unspecified atom stereocenters. The molecule has 0 aromatic rings. The molecule has 0 aliphatic rings. The summed E-state index contributed by atoms with van der Waals surface area (Å²) in [6.07, 6.45) is 0. The third-order valence-electron chi connectivity index (χ3n) is 2.59. The van der Waals surface area contributed by atoms with Crippen LogP contribution in [0, 0.1) is 0 Å². The average Bonchev–Trinajstić information content (AvgIpc) is 2.10. The lowest BCUT2D eigenvalue weighted by molar-refractivity contribution is 0.583. The van der Waals surface area contributed by atoms with Gasteiger partial charge in [0.1, 0.15) is 0 Å². The maximum atomic E-state index is 11.9. The Morgan fingerprint density at radius 3 is 1.00 bits per heavy atom. The van der Waals surface area contributed by atoms with Crippen molar-refractivity contribution in [1.29, 1.82) is 0 Å². The summed E-state index contributed by atoms with van der Waals surface area (Å²) in [6.45, 7) is 12.2. The summed E-state index contributed by atoms with van der Waals surface area (Å²) in [5, 5.41) is 0. The van der Waals surface area contributed by atoms with Crippen LogP contribution in [-0.4, -0.2) is 44.5 Å². The standard InChI is InChI=1S/C10H26O4S2Si2/c1-17(2,3)9-7-15(11,12)16(13,14)8-10-18(4,5)6/h7-10H2,1-6H3. The van der Waals surface area contributed by atoms with Gasteiger partial charge in [0.15, 0.2) is 0 Å². The number of rotatable bonds is 7. The van der Waals surface area contributed by atoms with Crippen molar-refractivity contribution < 1.29 is 16.8 Å². The van der Waals surface area contributed by atoms with Crippen molar-refractivity contribution in [3.63, 3.8) is 0 Å². The minimum absolute atomic E-state index is 0.212. The van der Waals surface area contributed by atoms with Crippen LogP contribution in [0.25, 0.3) is 0 Å². The highest BCUT2D eigenvalue weighted by atomic mass is 33.2. The number of hydrogen-bond donors (Lipinski definition) is 0. The fourth-order valence-corrected chi connectivity index (χ4v) is 11.5. The molecule has 0 bridgehead atoms. The molecule has 0 aliphatic carbocycles. The molecule has 18 heavy (non-hydrogen) atoms. The highest BCUT2D eigenvalue weighted by molar-refractivity contribution is 8.67. The van der Waals surface area contributed by atoms with Crippen LogP contribution < -0.4 is 0 Å². The van der Waals surface area contributed by atoms with Gasteiger partial charge in [0.25, 0.3) is 17.7 Å². The van der Waals surface area contributed by atoms with Gasteiger partial charge in [-0.2, -0.15) is 0 Å². The Morgan fingerprint density at radius 1 is 0.611 bits per heavy atom. The first kappa shape index (κ1) is 18.3. The van der Waals surface area contributed by atoms with Gasteiger partial charge >= 0.3 is 0 Å². The Morgan fingerprint density at radius 2 is 0.833 bits per heavy atom. The van der Waals surface area contributed by atoms with E-state index < -0.39 is 33.9 Å². The summed E-state index contributed by atoms with van der Waals surface area (Å²) in [6, 6.07) is 1.00. The molecule has 0 aromatic heterocycles. The van der Waals surface area contributed by atoms with Gasteiger partial charge in [-0.1, -0.05) is 39.3 Å². The zero-order valence-corrected chi connectivity index (χ0v) is 15.9. The van der Waals surface area contributed by atoms with Crippen LogP contribution in [-0.2, 0) is 17.7 Å². The monoisotopic (exact) mass is 330 g/mol. The predicted molar refractivity (Wildman–Crippen MR) is 83.9 cm³/mol. The van der Waals surface area contributed by atoms with Crippen LogP contribution >= 0.6 is 0 Å². The maximum absolute atomic E-state index is 11.9. The fourth-order valence-electron chi connectivity index (χ4n) is 1.12. The Balaban J connectivity index is 4.79. The van der Waals surface area contributed by atoms with Gasteiger partial charge in [-0.3, -0.25) is 0 Å². The number of hydrogen-bond acceptors (Lipinski definition) is 4. The molecular weight excluding hydrogens is 304 g/mol. The minimum atomic E-state index is -3.99. The van der Waals surface area contributed by atoms with Crippen molar-refractivity contribution >= 4 is 33.9 Å². The Hall–Kier alpha value is 0.334. The molecular formula is C10H26O4S2Si2. The van der Waals surface area contributed by atoms with Gasteiger partial charge in [0, 0.05) is 16.1 Å². The second-order valence-electron chi connectivity index (χ2n) is 7.14. The van der Waals surface area contributed by atoms with Gasteiger partial charge < -0.3 is 0 Å². The highest BCUT2D eigenvalue weighted by Gasteiger charge is 2.32. The molecule has 0 heterocycles. The van der Waals surface area contributed by atoms with E-state index in [0.717, 1.165) is 0 Å².